The highest BCUT2D eigenvalue weighted by Crippen LogP contribution is 2.43. The molecule has 6 rings (SSSR count). The van der Waals surface area contributed by atoms with Crippen molar-refractivity contribution in [3.63, 3.8) is 0 Å². The second-order valence-electron chi connectivity index (χ2n) is 9.39. The van der Waals surface area contributed by atoms with Gasteiger partial charge < -0.3 is 4.57 Å². The van der Waals surface area contributed by atoms with Gasteiger partial charge in [-0.15, -0.1) is 0 Å². The van der Waals surface area contributed by atoms with Crippen LogP contribution in [0.3, 0.4) is 0 Å². The van der Waals surface area contributed by atoms with Crippen LogP contribution in [0.15, 0.2) is 127 Å². The topological polar surface area (TPSA) is 17.1 Å². The van der Waals surface area contributed by atoms with Crippen LogP contribution >= 0.6 is 7.14 Å². The third-order valence-electron chi connectivity index (χ3n) is 7.35. The minimum atomic E-state index is -3.02. The van der Waals surface area contributed by atoms with Crippen molar-refractivity contribution in [2.75, 3.05) is 0 Å². The van der Waals surface area contributed by atoms with Gasteiger partial charge in [-0.3, -0.25) is 0 Å². The predicted octanol–water partition coefficient (Wildman–Crippen LogP) is 7.92. The molecular formula is C34H27OP. The highest BCUT2D eigenvalue weighted by Gasteiger charge is 2.29. The summed E-state index contributed by atoms with van der Waals surface area (Å²) >= 11 is 0. The maximum Gasteiger partial charge on any atom is 0.171 e. The van der Waals surface area contributed by atoms with Gasteiger partial charge in [0, 0.05) is 15.9 Å². The Morgan fingerprint density at radius 3 is 1.50 bits per heavy atom. The van der Waals surface area contributed by atoms with E-state index in [1.807, 2.05) is 72.8 Å². The first-order chi connectivity index (χ1) is 17.6. The Bertz CT molecular complexity index is 1730. The van der Waals surface area contributed by atoms with Gasteiger partial charge in [0.1, 0.15) is 0 Å². The molecule has 0 N–H and O–H groups in total. The van der Waals surface area contributed by atoms with E-state index in [0.29, 0.717) is 0 Å². The van der Waals surface area contributed by atoms with E-state index in [2.05, 4.69) is 68.4 Å². The second-order valence-corrected chi connectivity index (χ2v) is 12.2. The van der Waals surface area contributed by atoms with Crippen LogP contribution in [0.2, 0.25) is 0 Å². The van der Waals surface area contributed by atoms with Gasteiger partial charge in [0.05, 0.1) is 0 Å². The summed E-state index contributed by atoms with van der Waals surface area (Å²) in [5, 5.41) is 7.71. The molecule has 0 fully saturated rings. The lowest BCUT2D eigenvalue weighted by Crippen LogP contribution is -2.25. The van der Waals surface area contributed by atoms with Crippen LogP contribution in [0.25, 0.3) is 32.7 Å². The second kappa shape index (κ2) is 8.94. The van der Waals surface area contributed by atoms with E-state index >= 15 is 0 Å². The van der Waals surface area contributed by atoms with Crippen LogP contribution in [0.1, 0.15) is 11.1 Å². The summed E-state index contributed by atoms with van der Waals surface area (Å²) in [7, 11) is -3.02. The lowest BCUT2D eigenvalue weighted by molar-refractivity contribution is 0.592. The Hall–Kier alpha value is -3.93. The smallest absolute Gasteiger partial charge is 0.171 e. The third-order valence-corrected chi connectivity index (χ3v) is 10.4. The van der Waals surface area contributed by atoms with Gasteiger partial charge in [-0.1, -0.05) is 115 Å². The summed E-state index contributed by atoms with van der Waals surface area (Å²) in [5.74, 6) is 0. The standard InChI is InChI=1S/C34H27OP/c1-24-31-18-9-10-19-32(31)25(2)34-23-27(20-21-33(24)34)26-12-11-17-30(22-26)36(35,28-13-5-3-6-14-28)29-15-7-4-8-16-29/h3-23H,1-2H3. The summed E-state index contributed by atoms with van der Waals surface area (Å²) in [6, 6.07) is 43.4. The maximum atomic E-state index is 14.9. The molecule has 0 saturated carbocycles. The Balaban J connectivity index is 1.55. The van der Waals surface area contributed by atoms with Gasteiger partial charge >= 0.3 is 0 Å². The number of aryl methyl sites for hydroxylation is 2. The Labute approximate surface area is 212 Å². The van der Waals surface area contributed by atoms with Crippen molar-refractivity contribution >= 4 is 44.6 Å². The van der Waals surface area contributed by atoms with Gasteiger partial charge in [-0.2, -0.15) is 0 Å². The summed E-state index contributed by atoms with van der Waals surface area (Å²) < 4.78 is 14.9. The van der Waals surface area contributed by atoms with Crippen LogP contribution < -0.4 is 15.9 Å². The number of rotatable bonds is 4. The highest BCUT2D eigenvalue weighted by molar-refractivity contribution is 7.85. The van der Waals surface area contributed by atoms with Gasteiger partial charge in [-0.25, -0.2) is 0 Å². The summed E-state index contributed by atoms with van der Waals surface area (Å²) in [4.78, 5) is 0. The van der Waals surface area contributed by atoms with E-state index in [1.165, 1.54) is 32.7 Å². The maximum absolute atomic E-state index is 14.9. The van der Waals surface area contributed by atoms with Gasteiger partial charge in [-0.05, 0) is 69.8 Å². The minimum absolute atomic E-state index is 0.851. The quantitative estimate of drug-likeness (QED) is 0.184. The Morgan fingerprint density at radius 2 is 0.889 bits per heavy atom. The van der Waals surface area contributed by atoms with Crippen molar-refractivity contribution in [3.8, 4) is 11.1 Å². The number of hydrogen-bond donors (Lipinski definition) is 0. The van der Waals surface area contributed by atoms with E-state index in [0.717, 1.165) is 27.0 Å². The van der Waals surface area contributed by atoms with Crippen molar-refractivity contribution in [3.05, 3.63) is 139 Å². The van der Waals surface area contributed by atoms with Crippen molar-refractivity contribution < 1.29 is 4.57 Å². The van der Waals surface area contributed by atoms with Gasteiger partial charge in [0.2, 0.25) is 0 Å². The number of benzene rings is 6. The first kappa shape index (κ1) is 22.5. The molecule has 0 atom stereocenters. The normalized spacial score (nSPS) is 11.7. The number of hydrogen-bond acceptors (Lipinski definition) is 1. The molecule has 6 aromatic rings. The average Bonchev–Trinajstić information content (AvgIpc) is 2.96. The molecule has 174 valence electrons. The molecule has 0 heterocycles. The zero-order chi connectivity index (χ0) is 24.7. The Morgan fingerprint density at radius 1 is 0.417 bits per heavy atom. The summed E-state index contributed by atoms with van der Waals surface area (Å²) in [6.07, 6.45) is 0. The molecule has 0 bridgehead atoms. The van der Waals surface area contributed by atoms with Crippen molar-refractivity contribution in [1.29, 1.82) is 0 Å². The van der Waals surface area contributed by atoms with Gasteiger partial charge in [0.15, 0.2) is 7.14 Å². The van der Waals surface area contributed by atoms with E-state index in [-0.39, 0.29) is 0 Å². The fourth-order valence-electron chi connectivity index (χ4n) is 5.39. The molecule has 36 heavy (non-hydrogen) atoms. The van der Waals surface area contributed by atoms with E-state index in [4.69, 9.17) is 0 Å². The SMILES string of the molecule is Cc1c2ccccc2c(C)c2cc(-c3cccc(P(=O)(c4ccccc4)c4ccccc4)c3)ccc12. The summed E-state index contributed by atoms with van der Waals surface area (Å²) in [5.41, 5.74) is 4.81. The molecular weight excluding hydrogens is 455 g/mol. The van der Waals surface area contributed by atoms with E-state index in [9.17, 15) is 4.57 Å². The van der Waals surface area contributed by atoms with Gasteiger partial charge in [0.25, 0.3) is 0 Å². The molecule has 0 aliphatic carbocycles. The third kappa shape index (κ3) is 3.60. The molecule has 0 spiro atoms. The van der Waals surface area contributed by atoms with Crippen LogP contribution in [-0.4, -0.2) is 0 Å². The van der Waals surface area contributed by atoms with Crippen molar-refractivity contribution in [2.24, 2.45) is 0 Å². The molecule has 1 nitrogen and oxygen atoms in total. The molecule has 6 aromatic carbocycles. The minimum Gasteiger partial charge on any atom is -0.309 e. The molecule has 2 heteroatoms. The average molecular weight is 483 g/mol. The van der Waals surface area contributed by atoms with Crippen LogP contribution in [0.4, 0.5) is 0 Å². The molecule has 0 amide bonds. The van der Waals surface area contributed by atoms with Crippen LogP contribution in [-0.2, 0) is 4.57 Å². The first-order valence-corrected chi connectivity index (χ1v) is 14.0. The molecule has 0 aliphatic heterocycles. The molecule has 0 unspecified atom stereocenters. The highest BCUT2D eigenvalue weighted by atomic mass is 31.2. The molecule has 0 radical (unpaired) electrons. The fourth-order valence-corrected chi connectivity index (χ4v) is 8.09. The van der Waals surface area contributed by atoms with Crippen LogP contribution in [0, 0.1) is 13.8 Å². The van der Waals surface area contributed by atoms with Crippen LogP contribution in [0.5, 0.6) is 0 Å². The lowest BCUT2D eigenvalue weighted by atomic mass is 9.91. The number of fused-ring (bicyclic) bond motifs is 2. The monoisotopic (exact) mass is 482 g/mol. The fraction of sp³-hybridized carbons (Fsp3) is 0.0588. The summed E-state index contributed by atoms with van der Waals surface area (Å²) in [6.45, 7) is 4.42. The first-order valence-electron chi connectivity index (χ1n) is 12.3. The van der Waals surface area contributed by atoms with E-state index in [1.54, 1.807) is 0 Å². The predicted molar refractivity (Wildman–Crippen MR) is 156 cm³/mol. The van der Waals surface area contributed by atoms with Crippen molar-refractivity contribution in [2.45, 2.75) is 13.8 Å². The van der Waals surface area contributed by atoms with E-state index < -0.39 is 7.14 Å². The Kier molecular flexibility index (Phi) is 5.59. The molecule has 0 aliphatic rings. The van der Waals surface area contributed by atoms with Crippen molar-refractivity contribution in [1.82, 2.24) is 0 Å². The largest absolute Gasteiger partial charge is 0.309 e. The molecule has 0 saturated heterocycles. The lowest BCUT2D eigenvalue weighted by Gasteiger charge is -2.21. The zero-order valence-electron chi connectivity index (χ0n) is 20.5. The molecule has 0 aromatic heterocycles. The zero-order valence-corrected chi connectivity index (χ0v) is 21.4.